The number of nitrogens with zero attached hydrogens (tertiary/aromatic N) is 1. The zero-order chi connectivity index (χ0) is 12.3. The van der Waals surface area contributed by atoms with Gasteiger partial charge in [-0.05, 0) is 32.1 Å². The topological polar surface area (TPSA) is 66.6 Å². The molecule has 4 nitrogen and oxygen atoms in total. The summed E-state index contributed by atoms with van der Waals surface area (Å²) in [5, 5.41) is 9.14. The van der Waals surface area contributed by atoms with Crippen LogP contribution < -0.4 is 5.73 Å². The minimum atomic E-state index is -0.618. The molecule has 2 saturated carbocycles. The lowest BCUT2D eigenvalue weighted by atomic mass is 9.76. The molecule has 0 aliphatic heterocycles. The first-order valence-electron chi connectivity index (χ1n) is 6.88. The molecule has 0 saturated heterocycles. The molecule has 2 aliphatic carbocycles. The lowest BCUT2D eigenvalue weighted by Gasteiger charge is -2.44. The van der Waals surface area contributed by atoms with Gasteiger partial charge in [0.15, 0.2) is 0 Å². The van der Waals surface area contributed by atoms with Gasteiger partial charge >= 0.3 is 0 Å². The van der Waals surface area contributed by atoms with Crippen LogP contribution in [-0.2, 0) is 4.79 Å². The van der Waals surface area contributed by atoms with Gasteiger partial charge in [-0.2, -0.15) is 0 Å². The second kappa shape index (κ2) is 5.36. The third kappa shape index (κ3) is 2.63. The number of aliphatic hydroxyl groups is 1. The Labute approximate surface area is 103 Å². The zero-order valence-corrected chi connectivity index (χ0v) is 10.5. The average Bonchev–Trinajstić information content (AvgIpc) is 2.33. The fraction of sp³-hybridized carbons (Fsp3) is 0.923. The first-order chi connectivity index (χ1) is 8.17. The van der Waals surface area contributed by atoms with Crippen LogP contribution >= 0.6 is 0 Å². The maximum absolute atomic E-state index is 12.4. The SMILES string of the molecule is NC1(C(=O)N(CCO)C2CCCCC2)CCC1. The number of hydrogen-bond acceptors (Lipinski definition) is 3. The number of hydrogen-bond donors (Lipinski definition) is 2. The van der Waals surface area contributed by atoms with Crippen molar-refractivity contribution in [1.82, 2.24) is 4.90 Å². The van der Waals surface area contributed by atoms with Crippen molar-refractivity contribution in [2.45, 2.75) is 62.9 Å². The zero-order valence-electron chi connectivity index (χ0n) is 10.5. The number of carbonyl (C=O) groups is 1. The van der Waals surface area contributed by atoms with Crippen LogP contribution in [0.5, 0.6) is 0 Å². The number of nitrogens with two attached hydrogens (primary N) is 1. The van der Waals surface area contributed by atoms with Gasteiger partial charge in [0.1, 0.15) is 0 Å². The molecule has 4 heteroatoms. The second-order valence-corrected chi connectivity index (χ2v) is 5.52. The summed E-state index contributed by atoms with van der Waals surface area (Å²) in [6.07, 6.45) is 8.46. The summed E-state index contributed by atoms with van der Waals surface area (Å²) in [4.78, 5) is 14.3. The van der Waals surface area contributed by atoms with Gasteiger partial charge in [-0.15, -0.1) is 0 Å². The van der Waals surface area contributed by atoms with Gasteiger partial charge < -0.3 is 15.7 Å². The predicted octanol–water partition coefficient (Wildman–Crippen LogP) is 1.02. The molecule has 0 bridgehead atoms. The lowest BCUT2D eigenvalue weighted by Crippen LogP contribution is -2.62. The molecule has 17 heavy (non-hydrogen) atoms. The molecular formula is C13H24N2O2. The summed E-state index contributed by atoms with van der Waals surface area (Å²) in [6, 6.07) is 0.310. The fourth-order valence-electron chi connectivity index (χ4n) is 3.01. The van der Waals surface area contributed by atoms with Gasteiger partial charge in [-0.25, -0.2) is 0 Å². The standard InChI is InChI=1S/C13H24N2O2/c14-13(7-4-8-13)12(17)15(9-10-16)11-5-2-1-3-6-11/h11,16H,1-10,14H2. The van der Waals surface area contributed by atoms with Gasteiger partial charge in [0.2, 0.25) is 5.91 Å². The highest BCUT2D eigenvalue weighted by Crippen LogP contribution is 2.33. The molecule has 0 aromatic carbocycles. The molecule has 0 spiro atoms. The molecule has 0 heterocycles. The van der Waals surface area contributed by atoms with Crippen LogP contribution in [0, 0.1) is 0 Å². The fourth-order valence-corrected chi connectivity index (χ4v) is 3.01. The monoisotopic (exact) mass is 240 g/mol. The quantitative estimate of drug-likeness (QED) is 0.771. The summed E-state index contributed by atoms with van der Waals surface area (Å²) in [5.41, 5.74) is 5.49. The van der Waals surface area contributed by atoms with E-state index in [-0.39, 0.29) is 12.5 Å². The summed E-state index contributed by atoms with van der Waals surface area (Å²) in [6.45, 7) is 0.487. The lowest BCUT2D eigenvalue weighted by molar-refractivity contribution is -0.144. The van der Waals surface area contributed by atoms with Crippen LogP contribution in [0.1, 0.15) is 51.4 Å². The highest BCUT2D eigenvalue weighted by atomic mass is 16.3. The third-order valence-corrected chi connectivity index (χ3v) is 4.29. The van der Waals surface area contributed by atoms with Crippen molar-refractivity contribution in [3.05, 3.63) is 0 Å². The van der Waals surface area contributed by atoms with Crippen molar-refractivity contribution >= 4 is 5.91 Å². The van der Waals surface area contributed by atoms with Crippen LogP contribution in [0.15, 0.2) is 0 Å². The summed E-state index contributed by atoms with van der Waals surface area (Å²) >= 11 is 0. The Morgan fingerprint density at radius 2 is 1.88 bits per heavy atom. The molecule has 1 amide bonds. The summed E-state index contributed by atoms with van der Waals surface area (Å²) in [5.74, 6) is 0.0738. The summed E-state index contributed by atoms with van der Waals surface area (Å²) in [7, 11) is 0. The number of carbonyl (C=O) groups excluding carboxylic acids is 1. The maximum atomic E-state index is 12.4. The Morgan fingerprint density at radius 3 is 2.35 bits per heavy atom. The van der Waals surface area contributed by atoms with Gasteiger partial charge in [0, 0.05) is 12.6 Å². The van der Waals surface area contributed by atoms with Gasteiger partial charge in [0.25, 0.3) is 0 Å². The van der Waals surface area contributed by atoms with Crippen LogP contribution in [0.2, 0.25) is 0 Å². The van der Waals surface area contributed by atoms with Crippen molar-refractivity contribution in [3.63, 3.8) is 0 Å². The molecule has 0 atom stereocenters. The minimum absolute atomic E-state index is 0.0400. The first kappa shape index (κ1) is 12.8. The van der Waals surface area contributed by atoms with E-state index in [0.717, 1.165) is 32.1 Å². The molecule has 0 aromatic heterocycles. The van der Waals surface area contributed by atoms with E-state index in [1.165, 1.54) is 19.3 Å². The Balaban J connectivity index is 2.02. The van der Waals surface area contributed by atoms with E-state index < -0.39 is 5.54 Å². The van der Waals surface area contributed by atoms with E-state index in [2.05, 4.69) is 0 Å². The highest BCUT2D eigenvalue weighted by Gasteiger charge is 2.44. The minimum Gasteiger partial charge on any atom is -0.395 e. The Hall–Kier alpha value is -0.610. The molecule has 3 N–H and O–H groups in total. The van der Waals surface area contributed by atoms with E-state index in [9.17, 15) is 4.79 Å². The smallest absolute Gasteiger partial charge is 0.242 e. The van der Waals surface area contributed by atoms with Crippen molar-refractivity contribution in [3.8, 4) is 0 Å². The third-order valence-electron chi connectivity index (χ3n) is 4.29. The average molecular weight is 240 g/mol. The highest BCUT2D eigenvalue weighted by molar-refractivity contribution is 5.87. The van der Waals surface area contributed by atoms with Crippen LogP contribution in [0.3, 0.4) is 0 Å². The van der Waals surface area contributed by atoms with Crippen LogP contribution in [-0.4, -0.2) is 40.6 Å². The molecule has 2 rings (SSSR count). The van der Waals surface area contributed by atoms with Crippen LogP contribution in [0.25, 0.3) is 0 Å². The number of rotatable bonds is 4. The van der Waals surface area contributed by atoms with Crippen molar-refractivity contribution in [2.75, 3.05) is 13.2 Å². The second-order valence-electron chi connectivity index (χ2n) is 5.52. The number of amides is 1. The molecule has 0 radical (unpaired) electrons. The van der Waals surface area contributed by atoms with Gasteiger partial charge in [-0.3, -0.25) is 4.79 Å². The first-order valence-corrected chi connectivity index (χ1v) is 6.88. The number of aliphatic hydroxyl groups excluding tert-OH is 1. The van der Waals surface area contributed by atoms with Crippen molar-refractivity contribution in [1.29, 1.82) is 0 Å². The molecule has 0 unspecified atom stereocenters. The summed E-state index contributed by atoms with van der Waals surface area (Å²) < 4.78 is 0. The van der Waals surface area contributed by atoms with E-state index in [4.69, 9.17) is 10.8 Å². The molecule has 98 valence electrons. The molecule has 0 aromatic rings. The Kier molecular flexibility index (Phi) is 4.05. The van der Waals surface area contributed by atoms with E-state index in [1.807, 2.05) is 4.90 Å². The van der Waals surface area contributed by atoms with E-state index >= 15 is 0 Å². The predicted molar refractivity (Wildman–Crippen MR) is 66.4 cm³/mol. The molecular weight excluding hydrogens is 216 g/mol. The van der Waals surface area contributed by atoms with Crippen molar-refractivity contribution < 1.29 is 9.90 Å². The molecule has 2 fully saturated rings. The normalized spacial score (nSPS) is 24.1. The van der Waals surface area contributed by atoms with Gasteiger partial charge in [-0.1, -0.05) is 19.3 Å². The largest absolute Gasteiger partial charge is 0.395 e. The Morgan fingerprint density at radius 1 is 1.24 bits per heavy atom. The molecule has 2 aliphatic rings. The van der Waals surface area contributed by atoms with E-state index in [0.29, 0.717) is 12.6 Å². The Bertz CT molecular complexity index is 271. The van der Waals surface area contributed by atoms with Crippen LogP contribution in [0.4, 0.5) is 0 Å². The maximum Gasteiger partial charge on any atom is 0.242 e. The van der Waals surface area contributed by atoms with E-state index in [1.54, 1.807) is 0 Å². The van der Waals surface area contributed by atoms with Gasteiger partial charge in [0.05, 0.1) is 12.1 Å². The van der Waals surface area contributed by atoms with Crippen molar-refractivity contribution in [2.24, 2.45) is 5.73 Å².